The molecule has 2 N–H and O–H groups in total. The van der Waals surface area contributed by atoms with Crippen LogP contribution in [-0.2, 0) is 21.2 Å². The van der Waals surface area contributed by atoms with Crippen molar-refractivity contribution in [3.63, 3.8) is 0 Å². The summed E-state index contributed by atoms with van der Waals surface area (Å²) in [7, 11) is 0.579. The van der Waals surface area contributed by atoms with E-state index in [0.29, 0.717) is 22.1 Å². The Morgan fingerprint density at radius 3 is 2.48 bits per heavy atom. The van der Waals surface area contributed by atoms with Crippen LogP contribution >= 0.6 is 11.3 Å². The van der Waals surface area contributed by atoms with Gasteiger partial charge < -0.3 is 14.8 Å². The van der Waals surface area contributed by atoms with Crippen molar-refractivity contribution in [3.05, 3.63) is 52.9 Å². The maximum Gasteiger partial charge on any atom is 0.244 e. The maximum absolute atomic E-state index is 12.5. The summed E-state index contributed by atoms with van der Waals surface area (Å²) in [5.74, 6) is 0.593. The Labute approximate surface area is 185 Å². The molecule has 0 saturated heterocycles. The molecule has 1 heterocycles. The molecule has 8 nitrogen and oxygen atoms in total. The molecule has 0 atom stereocenters. The number of aromatic nitrogens is 1. The number of methoxy groups -OCH3 is 2. The Hall–Kier alpha value is -2.95. The minimum atomic E-state index is -3.72. The molecular formula is C21H23N3O5S2. The van der Waals surface area contributed by atoms with E-state index in [1.165, 1.54) is 37.6 Å². The number of thiazole rings is 1. The molecule has 0 bridgehead atoms. The number of ether oxygens (including phenoxy) is 2. The molecule has 0 saturated carbocycles. The number of amides is 1. The second-order valence-electron chi connectivity index (χ2n) is 6.66. The van der Waals surface area contributed by atoms with Crippen LogP contribution in [-0.4, -0.2) is 40.6 Å². The molecule has 164 valence electrons. The quantitative estimate of drug-likeness (QED) is 0.533. The lowest BCUT2D eigenvalue weighted by atomic mass is 10.1. The zero-order valence-electron chi connectivity index (χ0n) is 17.6. The second-order valence-corrected chi connectivity index (χ2v) is 9.37. The van der Waals surface area contributed by atoms with E-state index in [-0.39, 0.29) is 23.0 Å². The van der Waals surface area contributed by atoms with Crippen LogP contribution in [0, 0.1) is 6.92 Å². The molecule has 1 aromatic heterocycles. The largest absolute Gasteiger partial charge is 0.496 e. The number of nitrogens with zero attached hydrogens (tertiary/aromatic N) is 1. The monoisotopic (exact) mass is 461 g/mol. The van der Waals surface area contributed by atoms with Crippen molar-refractivity contribution in [3.8, 4) is 22.8 Å². The highest BCUT2D eigenvalue weighted by atomic mass is 32.2. The molecule has 31 heavy (non-hydrogen) atoms. The number of hydrogen-bond acceptors (Lipinski definition) is 7. The number of sulfonamides is 1. The fraction of sp³-hybridized carbons (Fsp3) is 0.238. The van der Waals surface area contributed by atoms with Gasteiger partial charge in [0.2, 0.25) is 15.9 Å². The van der Waals surface area contributed by atoms with Gasteiger partial charge in [0.1, 0.15) is 16.4 Å². The predicted molar refractivity (Wildman–Crippen MR) is 120 cm³/mol. The summed E-state index contributed by atoms with van der Waals surface area (Å²) >= 11 is 1.30. The molecule has 0 aliphatic heterocycles. The standard InChI is InChI=1S/C21H23N3O5S2/c1-13-5-7-17(28-3)15(9-13)16-12-30-21(23-16)24-20(25)11-14-6-8-18(29-4)19(10-14)31(26,27)22-2/h5-10,12,22H,11H2,1-4H3,(H,23,24,25). The van der Waals surface area contributed by atoms with Gasteiger partial charge in [-0.15, -0.1) is 11.3 Å². The van der Waals surface area contributed by atoms with Crippen LogP contribution in [0.3, 0.4) is 0 Å². The van der Waals surface area contributed by atoms with Crippen LogP contribution in [0.1, 0.15) is 11.1 Å². The van der Waals surface area contributed by atoms with Crippen LogP contribution in [0.4, 0.5) is 5.13 Å². The number of nitrogens with one attached hydrogen (secondary N) is 2. The van der Waals surface area contributed by atoms with E-state index in [9.17, 15) is 13.2 Å². The van der Waals surface area contributed by atoms with Crippen molar-refractivity contribution >= 4 is 32.4 Å². The molecule has 3 aromatic rings. The fourth-order valence-corrected chi connectivity index (χ4v) is 4.65. The minimum absolute atomic E-state index is 0.0150. The molecule has 0 aliphatic carbocycles. The van der Waals surface area contributed by atoms with Crippen molar-refractivity contribution in [2.75, 3.05) is 26.6 Å². The normalized spacial score (nSPS) is 11.2. The molecule has 0 spiro atoms. The predicted octanol–water partition coefficient (Wildman–Crippen LogP) is 3.23. The van der Waals surface area contributed by atoms with Gasteiger partial charge in [-0.05, 0) is 43.8 Å². The molecule has 10 heteroatoms. The van der Waals surface area contributed by atoms with Crippen LogP contribution in [0.5, 0.6) is 11.5 Å². The number of aryl methyl sites for hydroxylation is 1. The summed E-state index contributed by atoms with van der Waals surface area (Å²) in [6.45, 7) is 1.98. The molecule has 2 aromatic carbocycles. The first-order chi connectivity index (χ1) is 14.8. The van der Waals surface area contributed by atoms with Gasteiger partial charge in [-0.2, -0.15) is 0 Å². The molecule has 3 rings (SSSR count). The zero-order valence-corrected chi connectivity index (χ0v) is 19.2. The molecular weight excluding hydrogens is 438 g/mol. The highest BCUT2D eigenvalue weighted by Gasteiger charge is 2.19. The van der Waals surface area contributed by atoms with Gasteiger partial charge in [0.15, 0.2) is 5.13 Å². The third-order valence-corrected chi connectivity index (χ3v) is 6.73. The lowest BCUT2D eigenvalue weighted by Crippen LogP contribution is -2.20. The van der Waals surface area contributed by atoms with E-state index in [1.54, 1.807) is 13.2 Å². The van der Waals surface area contributed by atoms with Crippen molar-refractivity contribution < 1.29 is 22.7 Å². The maximum atomic E-state index is 12.5. The van der Waals surface area contributed by atoms with E-state index in [1.807, 2.05) is 30.5 Å². The second kappa shape index (κ2) is 9.46. The van der Waals surface area contributed by atoms with Crippen LogP contribution in [0.15, 0.2) is 46.7 Å². The molecule has 0 unspecified atom stereocenters. The Morgan fingerprint density at radius 2 is 1.81 bits per heavy atom. The van der Waals surface area contributed by atoms with Gasteiger partial charge in [-0.25, -0.2) is 18.1 Å². The first kappa shape index (κ1) is 22.7. The highest BCUT2D eigenvalue weighted by molar-refractivity contribution is 7.89. The molecule has 0 aliphatic rings. The number of benzene rings is 2. The van der Waals surface area contributed by atoms with Gasteiger partial charge in [0.25, 0.3) is 0 Å². The summed E-state index contributed by atoms with van der Waals surface area (Å²) in [6, 6.07) is 10.4. The van der Waals surface area contributed by atoms with Crippen LogP contribution < -0.4 is 19.5 Å². The molecule has 0 radical (unpaired) electrons. The van der Waals surface area contributed by atoms with Gasteiger partial charge >= 0.3 is 0 Å². The smallest absolute Gasteiger partial charge is 0.244 e. The first-order valence-corrected chi connectivity index (χ1v) is 11.6. The van der Waals surface area contributed by atoms with Crippen LogP contribution in [0.25, 0.3) is 11.3 Å². The zero-order chi connectivity index (χ0) is 22.6. The van der Waals surface area contributed by atoms with Gasteiger partial charge in [0, 0.05) is 10.9 Å². The first-order valence-electron chi connectivity index (χ1n) is 9.28. The van der Waals surface area contributed by atoms with Crippen molar-refractivity contribution in [1.29, 1.82) is 0 Å². The number of anilines is 1. The highest BCUT2D eigenvalue weighted by Crippen LogP contribution is 2.33. The third kappa shape index (κ3) is 5.22. The Kier molecular flexibility index (Phi) is 6.94. The summed E-state index contributed by atoms with van der Waals surface area (Å²) in [4.78, 5) is 17.0. The van der Waals surface area contributed by atoms with Crippen molar-refractivity contribution in [1.82, 2.24) is 9.71 Å². The minimum Gasteiger partial charge on any atom is -0.496 e. The SMILES string of the molecule is CNS(=O)(=O)c1cc(CC(=O)Nc2nc(-c3cc(C)ccc3OC)cs2)ccc1OC. The average molecular weight is 462 g/mol. The van der Waals surface area contributed by atoms with E-state index < -0.39 is 10.0 Å². The number of carbonyl (C=O) groups is 1. The van der Waals surface area contributed by atoms with Crippen molar-refractivity contribution in [2.45, 2.75) is 18.2 Å². The Morgan fingerprint density at radius 1 is 1.10 bits per heavy atom. The fourth-order valence-electron chi connectivity index (χ4n) is 2.98. The lowest BCUT2D eigenvalue weighted by molar-refractivity contribution is -0.115. The summed E-state index contributed by atoms with van der Waals surface area (Å²) in [5.41, 5.74) is 3.15. The number of rotatable bonds is 8. The number of carbonyl (C=O) groups excluding carboxylic acids is 1. The lowest BCUT2D eigenvalue weighted by Gasteiger charge is -2.11. The molecule has 0 fully saturated rings. The number of hydrogen-bond donors (Lipinski definition) is 2. The van der Waals surface area contributed by atoms with E-state index in [0.717, 1.165) is 11.1 Å². The van der Waals surface area contributed by atoms with E-state index in [2.05, 4.69) is 15.0 Å². The topological polar surface area (TPSA) is 107 Å². The van der Waals surface area contributed by atoms with E-state index >= 15 is 0 Å². The Bertz CT molecular complexity index is 1210. The summed E-state index contributed by atoms with van der Waals surface area (Å²) < 4.78 is 37.2. The van der Waals surface area contributed by atoms with Crippen LogP contribution in [0.2, 0.25) is 0 Å². The van der Waals surface area contributed by atoms with Gasteiger partial charge in [0.05, 0.1) is 26.3 Å². The average Bonchev–Trinajstić information content (AvgIpc) is 3.21. The summed E-state index contributed by atoms with van der Waals surface area (Å²) in [5, 5.41) is 5.05. The molecule has 1 amide bonds. The summed E-state index contributed by atoms with van der Waals surface area (Å²) in [6.07, 6.45) is -0.0150. The van der Waals surface area contributed by atoms with Crippen molar-refractivity contribution in [2.24, 2.45) is 0 Å². The Balaban J connectivity index is 1.77. The van der Waals surface area contributed by atoms with Gasteiger partial charge in [-0.3, -0.25) is 4.79 Å². The van der Waals surface area contributed by atoms with E-state index in [4.69, 9.17) is 9.47 Å². The van der Waals surface area contributed by atoms with Gasteiger partial charge in [-0.1, -0.05) is 17.7 Å². The third-order valence-electron chi connectivity index (χ3n) is 4.53.